The van der Waals surface area contributed by atoms with Crippen LogP contribution in [0.25, 0.3) is 10.4 Å². The molecule has 1 unspecified atom stereocenters. The molecule has 12 heteroatoms. The van der Waals surface area contributed by atoms with Gasteiger partial charge >= 0.3 is 23.9 Å². The fourth-order valence-electron chi connectivity index (χ4n) is 2.33. The fraction of sp³-hybridized carbons (Fsp3) is 0.714. The minimum absolute atomic E-state index is 0.380. The Morgan fingerprint density at radius 2 is 1.46 bits per heavy atom. The molecular weight excluding hydrogens is 354 g/mol. The lowest BCUT2D eigenvalue weighted by Crippen LogP contribution is -2.61. The van der Waals surface area contributed by atoms with E-state index in [2.05, 4.69) is 10.0 Å². The zero-order valence-corrected chi connectivity index (χ0v) is 14.6. The van der Waals surface area contributed by atoms with Gasteiger partial charge in [0, 0.05) is 32.6 Å². The predicted molar refractivity (Wildman–Crippen MR) is 81.1 cm³/mol. The van der Waals surface area contributed by atoms with Crippen molar-refractivity contribution in [2.75, 3.05) is 6.61 Å². The number of rotatable bonds is 6. The Morgan fingerprint density at radius 3 is 1.92 bits per heavy atom. The molecule has 1 aliphatic rings. The van der Waals surface area contributed by atoms with Gasteiger partial charge in [-0.05, 0) is 5.53 Å². The lowest BCUT2D eigenvalue weighted by Gasteiger charge is -2.42. The molecule has 0 aromatic heterocycles. The highest BCUT2D eigenvalue weighted by molar-refractivity contribution is 5.68. The highest BCUT2D eigenvalue weighted by Crippen LogP contribution is 2.29. The molecule has 0 aromatic rings. The van der Waals surface area contributed by atoms with Crippen molar-refractivity contribution >= 4 is 23.9 Å². The maximum absolute atomic E-state index is 11.4. The number of hydrogen-bond acceptors (Lipinski definition) is 10. The molecular formula is C14H19N3O9. The average molecular weight is 373 g/mol. The first kappa shape index (κ1) is 21.2. The Hall–Kier alpha value is -2.85. The van der Waals surface area contributed by atoms with E-state index in [0.29, 0.717) is 0 Å². The molecule has 0 radical (unpaired) electrons. The number of nitrogens with zero attached hydrogens (tertiary/aromatic N) is 3. The van der Waals surface area contributed by atoms with E-state index in [1.165, 1.54) is 0 Å². The van der Waals surface area contributed by atoms with E-state index in [0.717, 1.165) is 27.7 Å². The SMILES string of the molecule is CC(=O)OC[C@H]1O[C@@H](OC(C)=O)[C@H](OC(C)=O)C(N=[N+]=[N-])[C@H]1OC(C)=O. The highest BCUT2D eigenvalue weighted by Gasteiger charge is 2.51. The van der Waals surface area contributed by atoms with Gasteiger partial charge in [0.05, 0.1) is 0 Å². The van der Waals surface area contributed by atoms with E-state index in [-0.39, 0.29) is 6.61 Å². The summed E-state index contributed by atoms with van der Waals surface area (Å²) in [6.45, 7) is 4.06. The van der Waals surface area contributed by atoms with E-state index in [1.54, 1.807) is 0 Å². The summed E-state index contributed by atoms with van der Waals surface area (Å²) in [6, 6.07) is -1.29. The molecule has 0 N–H and O–H groups in total. The zero-order valence-electron chi connectivity index (χ0n) is 14.6. The van der Waals surface area contributed by atoms with Crippen LogP contribution in [0.2, 0.25) is 0 Å². The molecule has 12 nitrogen and oxygen atoms in total. The summed E-state index contributed by atoms with van der Waals surface area (Å²) in [5.74, 6) is -2.91. The van der Waals surface area contributed by atoms with Gasteiger partial charge in [0.2, 0.25) is 6.29 Å². The van der Waals surface area contributed by atoms with E-state index in [9.17, 15) is 19.2 Å². The minimum atomic E-state index is -1.46. The molecule has 0 aromatic carbocycles. The molecule has 0 bridgehead atoms. The van der Waals surface area contributed by atoms with Crippen LogP contribution < -0.4 is 0 Å². The van der Waals surface area contributed by atoms with Crippen molar-refractivity contribution in [2.45, 2.75) is 58.3 Å². The average Bonchev–Trinajstić information content (AvgIpc) is 2.50. The molecule has 5 atom stereocenters. The van der Waals surface area contributed by atoms with E-state index in [1.807, 2.05) is 0 Å². The van der Waals surface area contributed by atoms with Gasteiger partial charge in [-0.3, -0.25) is 19.2 Å². The van der Waals surface area contributed by atoms with Crippen LogP contribution in [0.3, 0.4) is 0 Å². The van der Waals surface area contributed by atoms with Crippen LogP contribution in [-0.4, -0.2) is 61.1 Å². The Bertz CT molecular complexity index is 617. The van der Waals surface area contributed by atoms with Gasteiger partial charge in [-0.1, -0.05) is 5.11 Å². The van der Waals surface area contributed by atoms with Gasteiger partial charge in [0.25, 0.3) is 0 Å². The molecule has 1 saturated heterocycles. The van der Waals surface area contributed by atoms with Gasteiger partial charge in [0.15, 0.2) is 6.10 Å². The maximum Gasteiger partial charge on any atom is 0.305 e. The van der Waals surface area contributed by atoms with Crippen LogP contribution in [0, 0.1) is 0 Å². The van der Waals surface area contributed by atoms with Gasteiger partial charge in [-0.25, -0.2) is 0 Å². The third-order valence-electron chi connectivity index (χ3n) is 3.14. The first-order valence-electron chi connectivity index (χ1n) is 7.50. The summed E-state index contributed by atoms with van der Waals surface area (Å²) in [4.78, 5) is 47.9. The summed E-state index contributed by atoms with van der Waals surface area (Å²) < 4.78 is 25.5. The van der Waals surface area contributed by atoms with Crippen molar-refractivity contribution in [3.05, 3.63) is 10.4 Å². The maximum atomic E-state index is 11.4. The second-order valence-corrected chi connectivity index (χ2v) is 5.30. The van der Waals surface area contributed by atoms with Gasteiger partial charge in [-0.2, -0.15) is 0 Å². The zero-order chi connectivity index (χ0) is 19.9. The summed E-state index contributed by atoms with van der Waals surface area (Å²) in [7, 11) is 0. The monoisotopic (exact) mass is 373 g/mol. The van der Waals surface area contributed by atoms with Crippen LogP contribution in [-0.2, 0) is 42.9 Å². The molecule has 0 amide bonds. The van der Waals surface area contributed by atoms with Crippen molar-refractivity contribution in [1.82, 2.24) is 0 Å². The summed E-state index contributed by atoms with van der Waals surface area (Å²) in [6.07, 6.45) is -5.21. The normalized spacial score (nSPS) is 27.5. The van der Waals surface area contributed by atoms with Crippen molar-refractivity contribution in [2.24, 2.45) is 5.11 Å². The van der Waals surface area contributed by atoms with Crippen LogP contribution >= 0.6 is 0 Å². The Morgan fingerprint density at radius 1 is 0.923 bits per heavy atom. The van der Waals surface area contributed by atoms with E-state index >= 15 is 0 Å². The van der Waals surface area contributed by atoms with Crippen molar-refractivity contribution < 1.29 is 42.9 Å². The van der Waals surface area contributed by atoms with Crippen molar-refractivity contribution in [1.29, 1.82) is 0 Å². The smallest absolute Gasteiger partial charge is 0.305 e. The van der Waals surface area contributed by atoms with Crippen molar-refractivity contribution in [3.8, 4) is 0 Å². The minimum Gasteiger partial charge on any atom is -0.463 e. The van der Waals surface area contributed by atoms with Crippen molar-refractivity contribution in [3.63, 3.8) is 0 Å². The number of carbonyl (C=O) groups is 4. The predicted octanol–water partition coefficient (Wildman–Crippen LogP) is 0.380. The molecule has 26 heavy (non-hydrogen) atoms. The Labute approximate surface area is 148 Å². The second kappa shape index (κ2) is 9.59. The number of hydrogen-bond donors (Lipinski definition) is 0. The summed E-state index contributed by atoms with van der Waals surface area (Å²) >= 11 is 0. The summed E-state index contributed by atoms with van der Waals surface area (Å²) in [5.41, 5.74) is 8.84. The highest BCUT2D eigenvalue weighted by atomic mass is 16.7. The Balaban J connectivity index is 3.27. The number of azide groups is 1. The van der Waals surface area contributed by atoms with Crippen LogP contribution in [0.1, 0.15) is 27.7 Å². The second-order valence-electron chi connectivity index (χ2n) is 5.30. The molecule has 0 spiro atoms. The first-order chi connectivity index (χ1) is 12.1. The fourth-order valence-corrected chi connectivity index (χ4v) is 2.33. The summed E-state index contributed by atoms with van der Waals surface area (Å²) in [5, 5.41) is 3.50. The number of carbonyl (C=O) groups excluding carboxylic acids is 4. The van der Waals surface area contributed by atoms with Gasteiger partial charge in [-0.15, -0.1) is 0 Å². The van der Waals surface area contributed by atoms with Gasteiger partial charge in [0.1, 0.15) is 24.9 Å². The molecule has 144 valence electrons. The first-order valence-corrected chi connectivity index (χ1v) is 7.50. The molecule has 1 rings (SSSR count). The Kier molecular flexibility index (Phi) is 7.81. The molecule has 0 aliphatic carbocycles. The standard InChI is InChI=1S/C14H19N3O9/c1-6(18)22-5-10-12(23-7(2)19)11(16-17-15)13(24-8(3)20)14(26-10)25-9(4)21/h10-14H,5H2,1-4H3/t10-,11?,12+,13-,14-/m1/s1. The molecule has 1 fully saturated rings. The quantitative estimate of drug-likeness (QED) is 0.210. The van der Waals surface area contributed by atoms with Crippen LogP contribution in [0.15, 0.2) is 5.11 Å². The van der Waals surface area contributed by atoms with Crippen LogP contribution in [0.5, 0.6) is 0 Å². The third kappa shape index (κ3) is 6.22. The topological polar surface area (TPSA) is 163 Å². The van der Waals surface area contributed by atoms with E-state index < -0.39 is 54.5 Å². The molecule has 1 aliphatic heterocycles. The third-order valence-corrected chi connectivity index (χ3v) is 3.14. The molecule has 0 saturated carbocycles. The number of ether oxygens (including phenoxy) is 5. The van der Waals surface area contributed by atoms with Gasteiger partial charge < -0.3 is 23.7 Å². The lowest BCUT2D eigenvalue weighted by atomic mass is 9.96. The molecule has 1 heterocycles. The number of esters is 4. The largest absolute Gasteiger partial charge is 0.463 e. The van der Waals surface area contributed by atoms with Crippen LogP contribution in [0.4, 0.5) is 0 Å². The lowest BCUT2D eigenvalue weighted by molar-refractivity contribution is -0.275. The van der Waals surface area contributed by atoms with E-state index in [4.69, 9.17) is 29.2 Å².